The Labute approximate surface area is 119 Å². The van der Waals surface area contributed by atoms with Crippen molar-refractivity contribution in [1.82, 2.24) is 9.55 Å². The highest BCUT2D eigenvalue weighted by atomic mass is 127. The summed E-state index contributed by atoms with van der Waals surface area (Å²) in [7, 11) is 1.97. The molecule has 1 aromatic heterocycles. The number of hydrogen-bond donors (Lipinski definition) is 1. The van der Waals surface area contributed by atoms with Gasteiger partial charge in [0.2, 0.25) is 0 Å². The van der Waals surface area contributed by atoms with Crippen LogP contribution in [0, 0.1) is 10.5 Å². The molecular weight excluding hydrogens is 349 g/mol. The molecule has 0 aliphatic heterocycles. The molecule has 2 aromatic rings. The van der Waals surface area contributed by atoms with Crippen molar-refractivity contribution in [2.75, 3.05) is 0 Å². The number of aryl methyl sites for hydroxylation is 1. The topological polar surface area (TPSA) is 43.8 Å². The lowest BCUT2D eigenvalue weighted by molar-refractivity contribution is 0.726. The summed E-state index contributed by atoms with van der Waals surface area (Å²) in [6, 6.07) is 5.55. The Balaban J connectivity index is 2.47. The molecule has 0 aliphatic rings. The largest absolute Gasteiger partial charge is 0.334 e. The van der Waals surface area contributed by atoms with Crippen molar-refractivity contribution >= 4 is 34.2 Å². The van der Waals surface area contributed by atoms with Crippen molar-refractivity contribution in [3.05, 3.63) is 50.1 Å². The summed E-state index contributed by atoms with van der Waals surface area (Å²) in [5.74, 6) is 0.951. The van der Waals surface area contributed by atoms with Gasteiger partial charge < -0.3 is 10.3 Å². The highest BCUT2D eigenvalue weighted by molar-refractivity contribution is 14.1. The van der Waals surface area contributed by atoms with Crippen LogP contribution in [0.5, 0.6) is 0 Å². The predicted molar refractivity (Wildman–Crippen MR) is 78.1 cm³/mol. The molecule has 3 nitrogen and oxygen atoms in total. The second-order valence-corrected chi connectivity index (χ2v) is 5.53. The zero-order valence-corrected chi connectivity index (χ0v) is 12.5. The van der Waals surface area contributed by atoms with E-state index in [0.29, 0.717) is 5.02 Å². The van der Waals surface area contributed by atoms with Crippen LogP contribution < -0.4 is 5.73 Å². The van der Waals surface area contributed by atoms with E-state index in [4.69, 9.17) is 17.3 Å². The molecule has 0 spiro atoms. The standard InChI is InChI=1S/C12H13ClIN3/c1-7-16-6-11(17(7)2)12(15)9-5-8(13)3-4-10(9)14/h3-6,12H,15H2,1-2H3. The minimum absolute atomic E-state index is 0.202. The van der Waals surface area contributed by atoms with Gasteiger partial charge in [0.1, 0.15) is 5.82 Å². The van der Waals surface area contributed by atoms with E-state index in [1.165, 1.54) is 0 Å². The Hall–Kier alpha value is -0.590. The number of halogens is 2. The van der Waals surface area contributed by atoms with E-state index < -0.39 is 0 Å². The zero-order valence-electron chi connectivity index (χ0n) is 9.61. The fourth-order valence-corrected chi connectivity index (χ4v) is 2.57. The number of benzene rings is 1. The van der Waals surface area contributed by atoms with E-state index in [1.54, 1.807) is 0 Å². The number of nitrogens with two attached hydrogens (primary N) is 1. The van der Waals surface area contributed by atoms with E-state index in [9.17, 15) is 0 Å². The minimum Gasteiger partial charge on any atom is -0.334 e. The van der Waals surface area contributed by atoms with Gasteiger partial charge in [0.05, 0.1) is 17.9 Å². The van der Waals surface area contributed by atoms with E-state index in [-0.39, 0.29) is 6.04 Å². The Morgan fingerprint density at radius 3 is 2.76 bits per heavy atom. The Kier molecular flexibility index (Phi) is 3.75. The van der Waals surface area contributed by atoms with Crippen LogP contribution in [0.3, 0.4) is 0 Å². The fourth-order valence-electron chi connectivity index (χ4n) is 1.72. The first kappa shape index (κ1) is 12.9. The smallest absolute Gasteiger partial charge is 0.105 e. The van der Waals surface area contributed by atoms with Crippen LogP contribution >= 0.6 is 34.2 Å². The number of rotatable bonds is 2. The Morgan fingerprint density at radius 2 is 2.18 bits per heavy atom. The molecule has 1 aromatic carbocycles. The molecule has 0 aliphatic carbocycles. The SMILES string of the molecule is Cc1ncc(C(N)c2cc(Cl)ccc2I)n1C. The molecule has 0 amide bonds. The van der Waals surface area contributed by atoms with Gasteiger partial charge in [0, 0.05) is 15.6 Å². The van der Waals surface area contributed by atoms with Crippen LogP contribution in [-0.4, -0.2) is 9.55 Å². The van der Waals surface area contributed by atoms with E-state index in [0.717, 1.165) is 20.7 Å². The third kappa shape index (κ3) is 2.48. The maximum atomic E-state index is 6.28. The molecule has 0 saturated heterocycles. The molecule has 2 N–H and O–H groups in total. The summed E-state index contributed by atoms with van der Waals surface area (Å²) in [6.45, 7) is 1.96. The van der Waals surface area contributed by atoms with Crippen LogP contribution in [-0.2, 0) is 7.05 Å². The van der Waals surface area contributed by atoms with Gasteiger partial charge >= 0.3 is 0 Å². The average molecular weight is 362 g/mol. The minimum atomic E-state index is -0.202. The molecule has 1 unspecified atom stereocenters. The summed E-state index contributed by atoms with van der Waals surface area (Å²) in [5, 5.41) is 0.703. The van der Waals surface area contributed by atoms with E-state index >= 15 is 0 Å². The van der Waals surface area contributed by atoms with Gasteiger partial charge in [-0.25, -0.2) is 4.98 Å². The van der Waals surface area contributed by atoms with Crippen LogP contribution in [0.1, 0.15) is 23.1 Å². The van der Waals surface area contributed by atoms with Crippen molar-refractivity contribution in [1.29, 1.82) is 0 Å². The lowest BCUT2D eigenvalue weighted by Gasteiger charge is -2.15. The molecule has 5 heteroatoms. The molecular formula is C12H13ClIN3. The highest BCUT2D eigenvalue weighted by Crippen LogP contribution is 2.27. The van der Waals surface area contributed by atoms with Gasteiger partial charge in [-0.3, -0.25) is 0 Å². The number of imidazole rings is 1. The number of nitrogens with zero attached hydrogens (tertiary/aromatic N) is 2. The lowest BCUT2D eigenvalue weighted by atomic mass is 10.1. The Bertz CT molecular complexity index is 551. The number of hydrogen-bond acceptors (Lipinski definition) is 2. The quantitative estimate of drug-likeness (QED) is 0.836. The van der Waals surface area contributed by atoms with Crippen molar-refractivity contribution in [2.24, 2.45) is 12.8 Å². The van der Waals surface area contributed by atoms with Crippen molar-refractivity contribution in [2.45, 2.75) is 13.0 Å². The van der Waals surface area contributed by atoms with Gasteiger partial charge in [-0.05, 0) is 53.3 Å². The third-order valence-corrected chi connectivity index (χ3v) is 4.09. The maximum absolute atomic E-state index is 6.28. The first-order valence-electron chi connectivity index (χ1n) is 5.19. The summed E-state index contributed by atoms with van der Waals surface area (Å²) in [5.41, 5.74) is 8.29. The summed E-state index contributed by atoms with van der Waals surface area (Å²) in [4.78, 5) is 4.26. The van der Waals surface area contributed by atoms with Crippen LogP contribution in [0.15, 0.2) is 24.4 Å². The summed E-state index contributed by atoms with van der Waals surface area (Å²) < 4.78 is 3.11. The van der Waals surface area contributed by atoms with Gasteiger partial charge in [-0.1, -0.05) is 11.6 Å². The molecule has 90 valence electrons. The average Bonchev–Trinajstić information content (AvgIpc) is 2.62. The first-order valence-corrected chi connectivity index (χ1v) is 6.65. The molecule has 1 atom stereocenters. The monoisotopic (exact) mass is 361 g/mol. The molecule has 0 bridgehead atoms. The molecule has 0 saturated carbocycles. The van der Waals surface area contributed by atoms with Crippen molar-refractivity contribution in [3.8, 4) is 0 Å². The normalized spacial score (nSPS) is 12.8. The zero-order chi connectivity index (χ0) is 12.6. The first-order chi connectivity index (χ1) is 8.00. The van der Waals surface area contributed by atoms with Crippen LogP contribution in [0.25, 0.3) is 0 Å². The Morgan fingerprint density at radius 1 is 1.47 bits per heavy atom. The van der Waals surface area contributed by atoms with Crippen molar-refractivity contribution < 1.29 is 0 Å². The second-order valence-electron chi connectivity index (χ2n) is 3.93. The lowest BCUT2D eigenvalue weighted by Crippen LogP contribution is -2.17. The molecule has 1 heterocycles. The van der Waals surface area contributed by atoms with Gasteiger partial charge in [-0.2, -0.15) is 0 Å². The molecule has 2 rings (SSSR count). The third-order valence-electron chi connectivity index (χ3n) is 2.87. The predicted octanol–water partition coefficient (Wildman–Crippen LogP) is 3.03. The van der Waals surface area contributed by atoms with Gasteiger partial charge in [0.15, 0.2) is 0 Å². The fraction of sp³-hybridized carbons (Fsp3) is 0.250. The molecule has 0 fully saturated rings. The molecule has 0 radical (unpaired) electrons. The van der Waals surface area contributed by atoms with Gasteiger partial charge in [-0.15, -0.1) is 0 Å². The second kappa shape index (κ2) is 4.96. The van der Waals surface area contributed by atoms with Crippen LogP contribution in [0.4, 0.5) is 0 Å². The van der Waals surface area contributed by atoms with E-state index in [2.05, 4.69) is 27.6 Å². The maximum Gasteiger partial charge on any atom is 0.105 e. The summed E-state index contributed by atoms with van der Waals surface area (Å²) in [6.07, 6.45) is 1.82. The van der Waals surface area contributed by atoms with Gasteiger partial charge in [0.25, 0.3) is 0 Å². The summed E-state index contributed by atoms with van der Waals surface area (Å²) >= 11 is 8.28. The number of aromatic nitrogens is 2. The molecule has 17 heavy (non-hydrogen) atoms. The van der Waals surface area contributed by atoms with E-state index in [1.807, 2.05) is 42.9 Å². The van der Waals surface area contributed by atoms with Crippen molar-refractivity contribution in [3.63, 3.8) is 0 Å². The highest BCUT2D eigenvalue weighted by Gasteiger charge is 2.16. The van der Waals surface area contributed by atoms with Crippen LogP contribution in [0.2, 0.25) is 5.02 Å².